The van der Waals surface area contributed by atoms with Crippen LogP contribution in [0.2, 0.25) is 0 Å². The SMILES string of the molecule is c1ccc(-c2ccc(-c3cccc(-c4ccccc4-c4c5ccccc5c(-c5ccc6ccccc6c5)c5ccccc45)c3)cc2)cc1.c1ccc(-c2ccc(-c3ccccc3-c3ccccc3-c3c4ccccc4c(-c4ccc5ccccc5c4)c4ccccc34)cc2)cc1.c1ccc(-c2cccc(-c3cccc(-c4ccccc4-c4c5ccccc5c(-c5ccc6ccccc6c5)c5ccccc45)c3)c2)cc1. The predicted molar refractivity (Wildman–Crippen MR) is 618 cm³/mol. The molecule has 27 rings (SSSR count). The van der Waals surface area contributed by atoms with Gasteiger partial charge in [-0.3, -0.25) is 0 Å². The van der Waals surface area contributed by atoms with E-state index >= 15 is 0 Å². The van der Waals surface area contributed by atoms with Crippen LogP contribution in [0.5, 0.6) is 0 Å². The molecular weight excluding hydrogens is 1730 g/mol. The molecule has 0 aliphatic rings. The van der Waals surface area contributed by atoms with Crippen LogP contribution in [0.25, 0.3) is 264 Å². The van der Waals surface area contributed by atoms with E-state index in [9.17, 15) is 0 Å². The highest BCUT2D eigenvalue weighted by molar-refractivity contribution is 6.26. The zero-order valence-electron chi connectivity index (χ0n) is 79.4. The number of hydrogen-bond donors (Lipinski definition) is 0. The third-order valence-electron chi connectivity index (χ3n) is 29.0. The van der Waals surface area contributed by atoms with E-state index < -0.39 is 0 Å². The molecular formula is C144H96. The summed E-state index contributed by atoms with van der Waals surface area (Å²) in [5.74, 6) is 0. The molecule has 0 bridgehead atoms. The molecule has 672 valence electrons. The van der Waals surface area contributed by atoms with Gasteiger partial charge in [0, 0.05) is 0 Å². The van der Waals surface area contributed by atoms with Gasteiger partial charge in [-0.05, 0) is 300 Å². The molecule has 0 amide bonds. The fraction of sp³-hybridized carbons (Fsp3) is 0. The summed E-state index contributed by atoms with van der Waals surface area (Å²) in [5.41, 5.74) is 37.1. The van der Waals surface area contributed by atoms with Crippen LogP contribution in [-0.4, -0.2) is 0 Å². The van der Waals surface area contributed by atoms with Crippen molar-refractivity contribution in [3.63, 3.8) is 0 Å². The van der Waals surface area contributed by atoms with Crippen LogP contribution in [0, 0.1) is 0 Å². The minimum absolute atomic E-state index is 1.21. The lowest BCUT2D eigenvalue weighted by molar-refractivity contribution is 1.56. The van der Waals surface area contributed by atoms with Crippen LogP contribution >= 0.6 is 0 Å². The lowest BCUT2D eigenvalue weighted by Crippen LogP contribution is -1.93. The maximum atomic E-state index is 2.34. The van der Waals surface area contributed by atoms with Gasteiger partial charge in [0.05, 0.1) is 0 Å². The Hall–Kier alpha value is -18.7. The lowest BCUT2D eigenvalue weighted by atomic mass is 9.82. The van der Waals surface area contributed by atoms with Gasteiger partial charge in [0.1, 0.15) is 0 Å². The quantitative estimate of drug-likeness (QED) is 0.0898. The molecule has 0 aliphatic carbocycles. The van der Waals surface area contributed by atoms with Gasteiger partial charge in [0.15, 0.2) is 0 Å². The monoisotopic (exact) mass is 1820 g/mol. The van der Waals surface area contributed by atoms with Crippen molar-refractivity contribution in [2.75, 3.05) is 0 Å². The minimum atomic E-state index is 1.21. The second kappa shape index (κ2) is 38.6. The Morgan fingerprint density at radius 2 is 0.236 bits per heavy atom. The van der Waals surface area contributed by atoms with Crippen LogP contribution in [0.15, 0.2) is 582 Å². The van der Waals surface area contributed by atoms with E-state index in [1.165, 1.54) is 264 Å². The highest BCUT2D eigenvalue weighted by atomic mass is 14.3. The number of fused-ring (bicyclic) bond motifs is 9. The van der Waals surface area contributed by atoms with Crippen LogP contribution < -0.4 is 0 Å². The smallest absolute Gasteiger partial charge is 0.00201 e. The molecule has 144 heavy (non-hydrogen) atoms. The number of rotatable bonds is 15. The molecule has 0 aliphatic heterocycles. The first kappa shape index (κ1) is 86.8. The first-order chi connectivity index (χ1) is 71.5. The molecule has 27 aromatic rings. The lowest BCUT2D eigenvalue weighted by Gasteiger charge is -2.21. The molecule has 0 nitrogen and oxygen atoms in total. The summed E-state index contributed by atoms with van der Waals surface area (Å²) in [6.07, 6.45) is 0. The van der Waals surface area contributed by atoms with Crippen molar-refractivity contribution in [1.82, 2.24) is 0 Å². The van der Waals surface area contributed by atoms with Crippen molar-refractivity contribution in [3.8, 4) is 167 Å². The van der Waals surface area contributed by atoms with E-state index in [2.05, 4.69) is 582 Å². The Bertz CT molecular complexity index is 9370. The molecule has 0 N–H and O–H groups in total. The maximum Gasteiger partial charge on any atom is -0.00201 e. The summed E-state index contributed by atoms with van der Waals surface area (Å²) in [6, 6.07) is 212. The van der Waals surface area contributed by atoms with Crippen LogP contribution in [0.3, 0.4) is 0 Å². The molecule has 0 spiro atoms. The average Bonchev–Trinajstić information content (AvgIpc) is 0.734. The second-order valence-electron chi connectivity index (χ2n) is 37.4. The second-order valence-corrected chi connectivity index (χ2v) is 37.4. The van der Waals surface area contributed by atoms with E-state index in [1.54, 1.807) is 0 Å². The molecule has 0 unspecified atom stereocenters. The Morgan fingerprint density at radius 3 is 0.535 bits per heavy atom. The van der Waals surface area contributed by atoms with Gasteiger partial charge in [0.25, 0.3) is 0 Å². The molecule has 0 saturated carbocycles. The summed E-state index contributed by atoms with van der Waals surface area (Å²) >= 11 is 0. The Labute approximate surface area is 840 Å². The van der Waals surface area contributed by atoms with Crippen LogP contribution in [0.4, 0.5) is 0 Å². The van der Waals surface area contributed by atoms with Crippen molar-refractivity contribution in [3.05, 3.63) is 582 Å². The Kier molecular flexibility index (Phi) is 23.3. The van der Waals surface area contributed by atoms with E-state index in [1.807, 2.05) is 0 Å². The zero-order valence-corrected chi connectivity index (χ0v) is 79.4. The topological polar surface area (TPSA) is 0 Å². The van der Waals surface area contributed by atoms with E-state index in [0.29, 0.717) is 0 Å². The molecule has 0 heteroatoms. The Morgan fingerprint density at radius 1 is 0.0694 bits per heavy atom. The standard InChI is InChI=1S/3C48H32/c1-2-14-33(15-3-1)36-18-12-19-37(30-36)38-20-13-21-39(31-38)41-22-6-7-23-42(41)48-45-26-10-8-24-43(45)47(44-25-9-11-27-46(44)48)40-29-28-34-16-4-5-17-35(34)32-40;1-2-13-33(14-3-1)35-25-27-36(28-26-35)38-17-12-18-39(31-38)41-19-6-7-20-42(41)48-45-23-10-8-21-43(45)47(44-22-9-11-24-46(44)48)40-30-29-34-15-4-5-16-37(34)32-40;1-2-14-33(15-3-1)35-26-29-36(30-27-35)39-18-6-7-19-40(39)41-20-8-9-21-42(41)48-45-24-12-10-22-43(45)47(44-23-11-13-25-46(44)48)38-31-28-34-16-4-5-17-37(34)32-38/h3*1-32H. The molecule has 0 atom stereocenters. The minimum Gasteiger partial charge on any atom is -0.0622 e. The van der Waals surface area contributed by atoms with Gasteiger partial charge < -0.3 is 0 Å². The molecule has 27 aromatic carbocycles. The van der Waals surface area contributed by atoms with Crippen LogP contribution in [-0.2, 0) is 0 Å². The van der Waals surface area contributed by atoms with E-state index in [4.69, 9.17) is 0 Å². The van der Waals surface area contributed by atoms with Crippen molar-refractivity contribution in [2.45, 2.75) is 0 Å². The van der Waals surface area contributed by atoms with Gasteiger partial charge in [0.2, 0.25) is 0 Å². The van der Waals surface area contributed by atoms with Crippen molar-refractivity contribution >= 4 is 97.0 Å². The maximum absolute atomic E-state index is 2.34. The summed E-state index contributed by atoms with van der Waals surface area (Å²) < 4.78 is 0. The third kappa shape index (κ3) is 16.6. The summed E-state index contributed by atoms with van der Waals surface area (Å²) in [4.78, 5) is 0. The normalized spacial score (nSPS) is 11.3. The molecule has 0 aromatic heterocycles. The first-order valence-corrected chi connectivity index (χ1v) is 49.8. The van der Waals surface area contributed by atoms with Gasteiger partial charge in [-0.25, -0.2) is 0 Å². The molecule has 0 fully saturated rings. The fourth-order valence-electron chi connectivity index (χ4n) is 22.2. The fourth-order valence-corrected chi connectivity index (χ4v) is 22.2. The highest BCUT2D eigenvalue weighted by Gasteiger charge is 2.26. The highest BCUT2D eigenvalue weighted by Crippen LogP contribution is 2.53. The molecule has 0 saturated heterocycles. The molecule has 0 heterocycles. The van der Waals surface area contributed by atoms with Gasteiger partial charge in [-0.15, -0.1) is 0 Å². The zero-order chi connectivity index (χ0) is 95.6. The summed E-state index contributed by atoms with van der Waals surface area (Å²) in [5, 5.41) is 22.7. The van der Waals surface area contributed by atoms with Gasteiger partial charge in [-0.1, -0.05) is 546 Å². The Balaban J connectivity index is 0.000000113. The number of benzene rings is 27. The van der Waals surface area contributed by atoms with Crippen molar-refractivity contribution in [1.29, 1.82) is 0 Å². The average molecular weight is 1830 g/mol. The summed E-state index contributed by atoms with van der Waals surface area (Å²) in [6.45, 7) is 0. The van der Waals surface area contributed by atoms with Crippen molar-refractivity contribution in [2.24, 2.45) is 0 Å². The largest absolute Gasteiger partial charge is 0.0622 e. The van der Waals surface area contributed by atoms with Gasteiger partial charge in [-0.2, -0.15) is 0 Å². The number of hydrogen-bond acceptors (Lipinski definition) is 0. The first-order valence-electron chi connectivity index (χ1n) is 49.8. The predicted octanol–water partition coefficient (Wildman–Crippen LogP) is 40.4. The molecule has 0 radical (unpaired) electrons. The summed E-state index contributed by atoms with van der Waals surface area (Å²) in [7, 11) is 0. The third-order valence-corrected chi connectivity index (χ3v) is 29.0. The van der Waals surface area contributed by atoms with E-state index in [-0.39, 0.29) is 0 Å². The van der Waals surface area contributed by atoms with Gasteiger partial charge >= 0.3 is 0 Å². The van der Waals surface area contributed by atoms with E-state index in [0.717, 1.165) is 0 Å². The van der Waals surface area contributed by atoms with Crippen molar-refractivity contribution < 1.29 is 0 Å². The van der Waals surface area contributed by atoms with Crippen LogP contribution in [0.1, 0.15) is 0 Å².